The van der Waals surface area contributed by atoms with Crippen molar-refractivity contribution in [1.82, 2.24) is 9.80 Å². The predicted octanol–water partition coefficient (Wildman–Crippen LogP) is 7.41. The largest absolute Gasteiger partial charge is 0.481 e. The molecule has 7 nitrogen and oxygen atoms in total. The molecular formula is C39H39ClN2O5. The Morgan fingerprint density at radius 1 is 0.851 bits per heavy atom. The van der Waals surface area contributed by atoms with Crippen LogP contribution in [0.3, 0.4) is 0 Å². The van der Waals surface area contributed by atoms with E-state index in [1.165, 1.54) is 5.56 Å². The van der Waals surface area contributed by atoms with Crippen LogP contribution in [-0.2, 0) is 27.2 Å². The van der Waals surface area contributed by atoms with Crippen LogP contribution in [0.5, 0.6) is 0 Å². The van der Waals surface area contributed by atoms with Crippen LogP contribution in [0.15, 0.2) is 97.1 Å². The van der Waals surface area contributed by atoms with Crippen molar-refractivity contribution < 1.29 is 24.2 Å². The average molecular weight is 651 g/mol. The Bertz CT molecular complexity index is 1730. The Labute approximate surface area is 280 Å². The van der Waals surface area contributed by atoms with Crippen molar-refractivity contribution in [3.05, 3.63) is 130 Å². The number of aliphatic carboxylic acids is 1. The van der Waals surface area contributed by atoms with Crippen LogP contribution in [-0.4, -0.2) is 66.2 Å². The molecule has 2 amide bonds. The lowest BCUT2D eigenvalue weighted by Gasteiger charge is -2.34. The number of benzene rings is 4. The van der Waals surface area contributed by atoms with E-state index in [2.05, 4.69) is 24.3 Å². The minimum atomic E-state index is -1.00. The van der Waals surface area contributed by atoms with Crippen LogP contribution in [0.1, 0.15) is 52.5 Å². The van der Waals surface area contributed by atoms with E-state index in [9.17, 15) is 19.5 Å². The Kier molecular flexibility index (Phi) is 9.64. The maximum atomic E-state index is 14.0. The molecule has 0 radical (unpaired) electrons. The third-order valence-electron chi connectivity index (χ3n) is 9.79. The zero-order valence-corrected chi connectivity index (χ0v) is 27.4. The standard InChI is InChI=1S/C39H39ClN2O5/c1-41(38(45)35(22-37(43)44)34-20-17-26-9-3-4-10-29(26)34)23-28(21-25-15-18-27(40)19-16-25)42(2)39(46)47-24-36-32-13-7-5-11-30(32)31-12-6-8-14-33(31)36/h3-16,18-19,28,34-36H,17,20-24H2,1-2H3,(H,43,44)/t28-,34-,35+/m1/s1. The van der Waals surface area contributed by atoms with Crippen molar-refractivity contribution in [1.29, 1.82) is 0 Å². The SMILES string of the molecule is CN(C[C@@H](Cc1ccc(Cl)cc1)N(C)C(=O)OCC1c2ccccc2-c2ccccc21)C(=O)[C@@H](CC(=O)O)[C@@H]1CCc2ccccc21. The number of aryl methyl sites for hydroxylation is 1. The van der Waals surface area contributed by atoms with Crippen LogP contribution < -0.4 is 0 Å². The smallest absolute Gasteiger partial charge is 0.409 e. The van der Waals surface area contributed by atoms with Gasteiger partial charge in [-0.3, -0.25) is 9.59 Å². The van der Waals surface area contributed by atoms with Gasteiger partial charge >= 0.3 is 12.1 Å². The van der Waals surface area contributed by atoms with Gasteiger partial charge in [-0.1, -0.05) is 96.5 Å². The molecule has 6 rings (SSSR count). The number of nitrogens with zero attached hydrogens (tertiary/aromatic N) is 2. The van der Waals surface area contributed by atoms with Crippen molar-refractivity contribution in [2.45, 2.75) is 43.6 Å². The lowest BCUT2D eigenvalue weighted by Crippen LogP contribution is -2.48. The third-order valence-corrected chi connectivity index (χ3v) is 10.0. The molecule has 0 unspecified atom stereocenters. The highest BCUT2D eigenvalue weighted by Crippen LogP contribution is 2.45. The van der Waals surface area contributed by atoms with Gasteiger partial charge in [-0.05, 0) is 76.3 Å². The predicted molar refractivity (Wildman–Crippen MR) is 183 cm³/mol. The van der Waals surface area contributed by atoms with Crippen molar-refractivity contribution in [2.75, 3.05) is 27.2 Å². The monoisotopic (exact) mass is 650 g/mol. The molecule has 0 saturated carbocycles. The molecule has 3 atom stereocenters. The number of carbonyl (C=O) groups is 3. The maximum absolute atomic E-state index is 14.0. The van der Waals surface area contributed by atoms with Gasteiger partial charge in [0.05, 0.1) is 18.4 Å². The maximum Gasteiger partial charge on any atom is 0.409 e. The van der Waals surface area contributed by atoms with Crippen molar-refractivity contribution >= 4 is 29.6 Å². The summed E-state index contributed by atoms with van der Waals surface area (Å²) in [4.78, 5) is 42.9. The number of hydrogen-bond acceptors (Lipinski definition) is 4. The fraction of sp³-hybridized carbons (Fsp3) is 0.308. The van der Waals surface area contributed by atoms with E-state index in [-0.39, 0.29) is 37.3 Å². The summed E-state index contributed by atoms with van der Waals surface area (Å²) in [5, 5.41) is 10.4. The van der Waals surface area contributed by atoms with Crippen LogP contribution >= 0.6 is 11.6 Å². The summed E-state index contributed by atoms with van der Waals surface area (Å²) in [6, 6.07) is 31.3. The molecule has 2 aliphatic rings. The fourth-order valence-corrected chi connectivity index (χ4v) is 7.47. The van der Waals surface area contributed by atoms with Crippen LogP contribution in [0.2, 0.25) is 5.02 Å². The van der Waals surface area contributed by atoms with E-state index in [0.29, 0.717) is 11.4 Å². The number of carbonyl (C=O) groups excluding carboxylic acids is 2. The first kappa shape index (κ1) is 32.3. The molecule has 47 heavy (non-hydrogen) atoms. The molecular weight excluding hydrogens is 612 g/mol. The van der Waals surface area contributed by atoms with Crippen LogP contribution in [0, 0.1) is 5.92 Å². The molecule has 2 aliphatic carbocycles. The van der Waals surface area contributed by atoms with Crippen LogP contribution in [0.25, 0.3) is 11.1 Å². The summed E-state index contributed by atoms with van der Waals surface area (Å²) in [5.41, 5.74) is 7.73. The Hall–Kier alpha value is -4.62. The first-order chi connectivity index (χ1) is 22.7. The first-order valence-corrected chi connectivity index (χ1v) is 16.5. The number of rotatable bonds is 11. The summed E-state index contributed by atoms with van der Waals surface area (Å²) in [6.07, 6.45) is 1.25. The lowest BCUT2D eigenvalue weighted by atomic mass is 9.84. The molecule has 4 aromatic carbocycles. The van der Waals surface area contributed by atoms with E-state index in [4.69, 9.17) is 16.3 Å². The molecule has 0 heterocycles. The molecule has 8 heteroatoms. The Morgan fingerprint density at radius 3 is 2.09 bits per heavy atom. The normalized spacial score (nSPS) is 16.0. The topological polar surface area (TPSA) is 87.2 Å². The second-order valence-electron chi connectivity index (χ2n) is 12.7. The van der Waals surface area contributed by atoms with E-state index < -0.39 is 24.0 Å². The number of ether oxygens (including phenoxy) is 1. The number of halogens is 1. The highest BCUT2D eigenvalue weighted by molar-refractivity contribution is 6.30. The number of carboxylic acid groups (broad SMARTS) is 1. The fourth-order valence-electron chi connectivity index (χ4n) is 7.35. The van der Waals surface area contributed by atoms with Gasteiger partial charge in [-0.15, -0.1) is 0 Å². The summed E-state index contributed by atoms with van der Waals surface area (Å²) in [7, 11) is 3.39. The van der Waals surface area contributed by atoms with Gasteiger partial charge in [0.15, 0.2) is 0 Å². The molecule has 0 aliphatic heterocycles. The van der Waals surface area contributed by atoms with Gasteiger partial charge in [0, 0.05) is 31.6 Å². The van der Waals surface area contributed by atoms with Gasteiger partial charge in [-0.25, -0.2) is 4.79 Å². The highest BCUT2D eigenvalue weighted by Gasteiger charge is 2.38. The molecule has 0 aromatic heterocycles. The summed E-state index contributed by atoms with van der Waals surface area (Å²) < 4.78 is 5.99. The van der Waals surface area contributed by atoms with E-state index in [1.807, 2.05) is 60.7 Å². The summed E-state index contributed by atoms with van der Waals surface area (Å²) in [6.45, 7) is 0.383. The van der Waals surface area contributed by atoms with Gasteiger partial charge in [0.25, 0.3) is 0 Å². The molecule has 4 aromatic rings. The molecule has 242 valence electrons. The summed E-state index contributed by atoms with van der Waals surface area (Å²) in [5.74, 6) is -2.21. The van der Waals surface area contributed by atoms with Crippen molar-refractivity contribution in [3.8, 4) is 11.1 Å². The van der Waals surface area contributed by atoms with Gasteiger partial charge < -0.3 is 19.6 Å². The number of fused-ring (bicyclic) bond motifs is 4. The zero-order chi connectivity index (χ0) is 33.1. The van der Waals surface area contributed by atoms with E-state index in [0.717, 1.165) is 46.2 Å². The zero-order valence-electron chi connectivity index (χ0n) is 26.6. The van der Waals surface area contributed by atoms with Crippen molar-refractivity contribution in [3.63, 3.8) is 0 Å². The lowest BCUT2D eigenvalue weighted by molar-refractivity contribution is -0.145. The molecule has 0 bridgehead atoms. The van der Waals surface area contributed by atoms with Gasteiger partial charge in [0.2, 0.25) is 5.91 Å². The quantitative estimate of drug-likeness (QED) is 0.183. The van der Waals surface area contributed by atoms with Gasteiger partial charge in [0.1, 0.15) is 6.61 Å². The number of amides is 2. The van der Waals surface area contributed by atoms with E-state index in [1.54, 1.807) is 36.0 Å². The minimum absolute atomic E-state index is 0.0789. The molecule has 0 fully saturated rings. The highest BCUT2D eigenvalue weighted by atomic mass is 35.5. The molecule has 0 saturated heterocycles. The second kappa shape index (κ2) is 14.0. The number of hydrogen-bond donors (Lipinski definition) is 1. The Morgan fingerprint density at radius 2 is 1.45 bits per heavy atom. The van der Waals surface area contributed by atoms with Crippen molar-refractivity contribution in [2.24, 2.45) is 5.92 Å². The van der Waals surface area contributed by atoms with E-state index >= 15 is 0 Å². The van der Waals surface area contributed by atoms with Gasteiger partial charge in [-0.2, -0.15) is 0 Å². The Balaban J connectivity index is 1.20. The molecule has 0 spiro atoms. The minimum Gasteiger partial charge on any atom is -0.481 e. The third kappa shape index (κ3) is 6.91. The molecule has 1 N–H and O–H groups in total. The first-order valence-electron chi connectivity index (χ1n) is 16.1. The second-order valence-corrected chi connectivity index (χ2v) is 13.1. The van der Waals surface area contributed by atoms with Crippen LogP contribution in [0.4, 0.5) is 4.79 Å². The number of likely N-dealkylation sites (N-methyl/N-ethyl adjacent to an activating group) is 2. The number of carboxylic acids is 1. The summed E-state index contributed by atoms with van der Waals surface area (Å²) >= 11 is 6.15. The average Bonchev–Trinajstić information content (AvgIpc) is 3.65.